The molecule has 0 saturated heterocycles. The molecule has 0 bridgehead atoms. The number of halogens is 1. The molecule has 1 amide bonds. The normalized spacial score (nSPS) is 14.0. The molecule has 5 nitrogen and oxygen atoms in total. The molecule has 0 aliphatic heterocycles. The molecule has 174 valence electrons. The molecule has 34 heavy (non-hydrogen) atoms. The number of ether oxygens (including phenoxy) is 1. The SMILES string of the molecule is COc1ccc(S(=O)(=O)NC(=O)CC2=C/C(=C\c3ccc(SC)cc3)c3ccc(F)cc32)cc1. The highest BCUT2D eigenvalue weighted by Crippen LogP contribution is 2.38. The van der Waals surface area contributed by atoms with E-state index in [1.165, 1.54) is 43.5 Å². The van der Waals surface area contributed by atoms with Crippen molar-refractivity contribution in [3.8, 4) is 5.75 Å². The molecule has 0 unspecified atom stereocenters. The second kappa shape index (κ2) is 9.87. The minimum Gasteiger partial charge on any atom is -0.497 e. The lowest BCUT2D eigenvalue weighted by atomic mass is 10.0. The lowest BCUT2D eigenvalue weighted by Crippen LogP contribution is -2.30. The third kappa shape index (κ3) is 5.24. The molecule has 0 aromatic heterocycles. The Morgan fingerprint density at radius 1 is 1.03 bits per heavy atom. The van der Waals surface area contributed by atoms with E-state index in [1.807, 2.05) is 36.6 Å². The molecule has 3 aromatic carbocycles. The van der Waals surface area contributed by atoms with Crippen LogP contribution in [0.4, 0.5) is 4.39 Å². The summed E-state index contributed by atoms with van der Waals surface area (Å²) in [6.45, 7) is 0. The Bertz CT molecular complexity index is 1390. The molecule has 1 aliphatic rings. The first kappa shape index (κ1) is 23.8. The number of fused-ring (bicyclic) bond motifs is 1. The predicted octanol–water partition coefficient (Wildman–Crippen LogP) is 5.39. The van der Waals surface area contributed by atoms with Gasteiger partial charge in [0, 0.05) is 4.90 Å². The average molecular weight is 496 g/mol. The molecular formula is C26H22FNO4S2. The van der Waals surface area contributed by atoms with E-state index in [0.717, 1.165) is 21.6 Å². The molecule has 0 radical (unpaired) electrons. The van der Waals surface area contributed by atoms with Crippen molar-refractivity contribution >= 4 is 44.9 Å². The van der Waals surface area contributed by atoms with E-state index in [4.69, 9.17) is 4.74 Å². The van der Waals surface area contributed by atoms with E-state index in [9.17, 15) is 17.6 Å². The van der Waals surface area contributed by atoms with Crippen molar-refractivity contribution in [3.63, 3.8) is 0 Å². The maximum absolute atomic E-state index is 14.0. The van der Waals surface area contributed by atoms with Crippen LogP contribution >= 0.6 is 11.8 Å². The number of nitrogens with one attached hydrogen (secondary N) is 1. The number of benzene rings is 3. The number of allylic oxidation sites excluding steroid dienone is 2. The number of sulfonamides is 1. The Hall–Kier alpha value is -3.36. The topological polar surface area (TPSA) is 72.5 Å². The van der Waals surface area contributed by atoms with Crippen molar-refractivity contribution in [3.05, 3.63) is 95.3 Å². The minimum absolute atomic E-state index is 0.0530. The van der Waals surface area contributed by atoms with Gasteiger partial charge >= 0.3 is 0 Å². The summed E-state index contributed by atoms with van der Waals surface area (Å²) in [5.74, 6) is -0.633. The fraction of sp³-hybridized carbons (Fsp3) is 0.115. The van der Waals surface area contributed by atoms with E-state index in [1.54, 1.807) is 23.9 Å². The summed E-state index contributed by atoms with van der Waals surface area (Å²) < 4.78 is 46.4. The van der Waals surface area contributed by atoms with E-state index in [-0.39, 0.29) is 11.3 Å². The largest absolute Gasteiger partial charge is 0.497 e. The first-order chi connectivity index (χ1) is 16.3. The fourth-order valence-electron chi connectivity index (χ4n) is 3.70. The molecule has 0 spiro atoms. The van der Waals surface area contributed by atoms with E-state index in [0.29, 0.717) is 16.9 Å². The van der Waals surface area contributed by atoms with E-state index < -0.39 is 21.7 Å². The number of amides is 1. The van der Waals surface area contributed by atoms with Gasteiger partial charge in [-0.3, -0.25) is 4.79 Å². The second-order valence-electron chi connectivity index (χ2n) is 7.61. The van der Waals surface area contributed by atoms with Gasteiger partial charge in [0.1, 0.15) is 11.6 Å². The summed E-state index contributed by atoms with van der Waals surface area (Å²) in [4.78, 5) is 13.8. The first-order valence-corrected chi connectivity index (χ1v) is 13.1. The lowest BCUT2D eigenvalue weighted by Gasteiger charge is -2.09. The zero-order valence-corrected chi connectivity index (χ0v) is 20.2. The smallest absolute Gasteiger partial charge is 0.264 e. The summed E-state index contributed by atoms with van der Waals surface area (Å²) in [5.41, 5.74) is 3.70. The number of rotatable bonds is 7. The molecule has 3 aromatic rings. The minimum atomic E-state index is -4.05. The van der Waals surface area contributed by atoms with Crippen molar-refractivity contribution in [1.82, 2.24) is 4.72 Å². The quantitative estimate of drug-likeness (QED) is 0.445. The molecule has 0 saturated carbocycles. The number of hydrogen-bond acceptors (Lipinski definition) is 5. The van der Waals surface area contributed by atoms with E-state index in [2.05, 4.69) is 4.72 Å². The fourth-order valence-corrected chi connectivity index (χ4v) is 5.09. The van der Waals surface area contributed by atoms with E-state index >= 15 is 0 Å². The van der Waals surface area contributed by atoms with Crippen molar-refractivity contribution < 1.29 is 22.3 Å². The van der Waals surface area contributed by atoms with Crippen LogP contribution in [0.15, 0.2) is 82.6 Å². The summed E-state index contributed by atoms with van der Waals surface area (Å²) in [7, 11) is -2.58. The molecular weight excluding hydrogens is 473 g/mol. The number of thioether (sulfide) groups is 1. The molecule has 1 aliphatic carbocycles. The lowest BCUT2D eigenvalue weighted by molar-refractivity contribution is -0.118. The van der Waals surface area contributed by atoms with Crippen LogP contribution in [-0.4, -0.2) is 27.7 Å². The van der Waals surface area contributed by atoms with Gasteiger partial charge in [0.05, 0.1) is 18.4 Å². The molecule has 0 fully saturated rings. The van der Waals surface area contributed by atoms with Gasteiger partial charge in [-0.2, -0.15) is 0 Å². The second-order valence-corrected chi connectivity index (χ2v) is 10.2. The molecule has 1 N–H and O–H groups in total. The Kier molecular flexibility index (Phi) is 6.90. The summed E-state index contributed by atoms with van der Waals surface area (Å²) in [5, 5.41) is 0. The van der Waals surface area contributed by atoms with Crippen LogP contribution in [0.1, 0.15) is 23.1 Å². The predicted molar refractivity (Wildman–Crippen MR) is 133 cm³/mol. The maximum Gasteiger partial charge on any atom is 0.264 e. The molecule has 4 rings (SSSR count). The Morgan fingerprint density at radius 2 is 1.74 bits per heavy atom. The summed E-state index contributed by atoms with van der Waals surface area (Å²) in [6.07, 6.45) is 5.55. The van der Waals surface area contributed by atoms with Gasteiger partial charge in [-0.25, -0.2) is 17.5 Å². The summed E-state index contributed by atoms with van der Waals surface area (Å²) >= 11 is 1.65. The third-order valence-corrected chi connectivity index (χ3v) is 7.51. The Labute approximate surface area is 202 Å². The van der Waals surface area contributed by atoms with Crippen molar-refractivity contribution in [2.75, 3.05) is 13.4 Å². The maximum atomic E-state index is 14.0. The van der Waals surface area contributed by atoms with Crippen LogP contribution in [0.25, 0.3) is 17.2 Å². The first-order valence-electron chi connectivity index (χ1n) is 10.4. The van der Waals surface area contributed by atoms with Gasteiger partial charge in [0.2, 0.25) is 5.91 Å². The van der Waals surface area contributed by atoms with Gasteiger partial charge in [-0.05, 0) is 94.8 Å². The standard InChI is InChI=1S/C26H22FNO4S2/c1-32-21-6-10-23(11-7-21)34(30,31)28-26(29)15-19-14-18(24-12-5-20(27)16-25(19)24)13-17-3-8-22(33-2)9-4-17/h3-14,16H,15H2,1-2H3,(H,28,29)/b18-13+. The highest BCUT2D eigenvalue weighted by atomic mass is 32.2. The molecule has 8 heteroatoms. The van der Waals surface area contributed by atoms with Crippen molar-refractivity contribution in [2.24, 2.45) is 0 Å². The average Bonchev–Trinajstić information content (AvgIpc) is 3.15. The zero-order chi connectivity index (χ0) is 24.3. The van der Waals surface area contributed by atoms with Crippen LogP contribution in [0.5, 0.6) is 5.75 Å². The van der Waals surface area contributed by atoms with Gasteiger partial charge in [-0.1, -0.05) is 18.2 Å². The Morgan fingerprint density at radius 3 is 2.38 bits per heavy atom. The van der Waals surface area contributed by atoms with Gasteiger partial charge < -0.3 is 4.74 Å². The number of carbonyl (C=O) groups is 1. The molecule has 0 atom stereocenters. The highest BCUT2D eigenvalue weighted by Gasteiger charge is 2.24. The van der Waals surface area contributed by atoms with Gasteiger partial charge in [-0.15, -0.1) is 11.8 Å². The van der Waals surface area contributed by atoms with Crippen LogP contribution in [0.3, 0.4) is 0 Å². The van der Waals surface area contributed by atoms with Crippen molar-refractivity contribution in [2.45, 2.75) is 16.2 Å². The molecule has 0 heterocycles. The van der Waals surface area contributed by atoms with Gasteiger partial charge in [0.25, 0.3) is 10.0 Å². The monoisotopic (exact) mass is 495 g/mol. The third-order valence-electron chi connectivity index (χ3n) is 5.38. The van der Waals surface area contributed by atoms with Crippen LogP contribution in [0, 0.1) is 5.82 Å². The number of carbonyl (C=O) groups excluding carboxylic acids is 1. The highest BCUT2D eigenvalue weighted by molar-refractivity contribution is 7.98. The van der Waals surface area contributed by atoms with Crippen LogP contribution < -0.4 is 9.46 Å². The van der Waals surface area contributed by atoms with Crippen LogP contribution in [0.2, 0.25) is 0 Å². The number of methoxy groups -OCH3 is 1. The summed E-state index contributed by atoms with van der Waals surface area (Å²) in [6, 6.07) is 18.1. The Balaban J connectivity index is 1.58. The van der Waals surface area contributed by atoms with Crippen molar-refractivity contribution in [1.29, 1.82) is 0 Å². The van der Waals surface area contributed by atoms with Gasteiger partial charge in [0.15, 0.2) is 0 Å². The zero-order valence-electron chi connectivity index (χ0n) is 18.5. The van der Waals surface area contributed by atoms with Crippen LogP contribution in [-0.2, 0) is 14.8 Å². The number of hydrogen-bond donors (Lipinski definition) is 1.